The summed E-state index contributed by atoms with van der Waals surface area (Å²) in [5.74, 6) is 1.90. The third-order valence-corrected chi connectivity index (χ3v) is 4.31. The SMILES string of the molecule is COc1cc(NC(=O)CCSc2ccc(Cl)cc2)cc(OC)c1. The molecule has 0 atom stereocenters. The first kappa shape index (κ1) is 17.5. The number of nitrogens with one attached hydrogen (secondary N) is 1. The molecule has 23 heavy (non-hydrogen) atoms. The highest BCUT2D eigenvalue weighted by Crippen LogP contribution is 2.26. The lowest BCUT2D eigenvalue weighted by Gasteiger charge is -2.10. The maximum atomic E-state index is 12.0. The van der Waals surface area contributed by atoms with Crippen molar-refractivity contribution in [3.63, 3.8) is 0 Å². The largest absolute Gasteiger partial charge is 0.497 e. The Kier molecular flexibility index (Phi) is 6.62. The molecule has 0 fully saturated rings. The second kappa shape index (κ2) is 8.70. The van der Waals surface area contributed by atoms with E-state index in [0.717, 1.165) is 4.90 Å². The molecule has 0 bridgehead atoms. The van der Waals surface area contributed by atoms with Crippen molar-refractivity contribution in [2.24, 2.45) is 0 Å². The zero-order chi connectivity index (χ0) is 16.7. The Labute approximate surface area is 145 Å². The molecule has 0 saturated heterocycles. The molecule has 122 valence electrons. The van der Waals surface area contributed by atoms with Crippen LogP contribution in [0.15, 0.2) is 47.4 Å². The van der Waals surface area contributed by atoms with Crippen LogP contribution in [0, 0.1) is 0 Å². The Morgan fingerprint density at radius 2 is 1.70 bits per heavy atom. The fourth-order valence-corrected chi connectivity index (χ4v) is 2.87. The maximum Gasteiger partial charge on any atom is 0.225 e. The van der Waals surface area contributed by atoms with Gasteiger partial charge >= 0.3 is 0 Å². The number of halogens is 1. The van der Waals surface area contributed by atoms with E-state index in [1.807, 2.05) is 24.3 Å². The lowest BCUT2D eigenvalue weighted by Crippen LogP contribution is -2.12. The number of carbonyl (C=O) groups is 1. The van der Waals surface area contributed by atoms with E-state index in [-0.39, 0.29) is 5.91 Å². The Balaban J connectivity index is 1.85. The van der Waals surface area contributed by atoms with Crippen LogP contribution in [0.2, 0.25) is 5.02 Å². The second-order valence-corrected chi connectivity index (χ2v) is 6.31. The fourth-order valence-electron chi connectivity index (χ4n) is 1.90. The van der Waals surface area contributed by atoms with Crippen LogP contribution in [-0.2, 0) is 4.79 Å². The van der Waals surface area contributed by atoms with E-state index in [1.165, 1.54) is 0 Å². The first-order valence-electron chi connectivity index (χ1n) is 7.02. The lowest BCUT2D eigenvalue weighted by molar-refractivity contribution is -0.115. The summed E-state index contributed by atoms with van der Waals surface area (Å²) in [4.78, 5) is 13.1. The Morgan fingerprint density at radius 1 is 1.09 bits per heavy atom. The topological polar surface area (TPSA) is 47.6 Å². The molecule has 0 heterocycles. The standard InChI is InChI=1S/C17H18ClNO3S/c1-21-14-9-13(10-15(11-14)22-2)19-17(20)7-8-23-16-5-3-12(18)4-6-16/h3-6,9-11H,7-8H2,1-2H3,(H,19,20). The molecule has 1 N–H and O–H groups in total. The van der Waals surface area contributed by atoms with E-state index in [9.17, 15) is 4.79 Å². The number of hydrogen-bond acceptors (Lipinski definition) is 4. The summed E-state index contributed by atoms with van der Waals surface area (Å²) in [5.41, 5.74) is 0.655. The highest BCUT2D eigenvalue weighted by molar-refractivity contribution is 7.99. The van der Waals surface area contributed by atoms with Crippen LogP contribution in [0.5, 0.6) is 11.5 Å². The van der Waals surface area contributed by atoms with Gasteiger partial charge in [-0.15, -0.1) is 11.8 Å². The molecule has 1 amide bonds. The summed E-state index contributed by atoms with van der Waals surface area (Å²) in [6, 6.07) is 12.8. The van der Waals surface area contributed by atoms with Crippen molar-refractivity contribution in [1.82, 2.24) is 0 Å². The van der Waals surface area contributed by atoms with Crippen molar-refractivity contribution >= 4 is 35.0 Å². The van der Waals surface area contributed by atoms with Gasteiger partial charge in [0, 0.05) is 46.0 Å². The van der Waals surface area contributed by atoms with Gasteiger partial charge < -0.3 is 14.8 Å². The number of ether oxygens (including phenoxy) is 2. The van der Waals surface area contributed by atoms with E-state index in [1.54, 1.807) is 44.2 Å². The van der Waals surface area contributed by atoms with Crippen molar-refractivity contribution in [2.45, 2.75) is 11.3 Å². The molecule has 0 saturated carbocycles. The van der Waals surface area contributed by atoms with Crippen LogP contribution in [-0.4, -0.2) is 25.9 Å². The van der Waals surface area contributed by atoms with E-state index < -0.39 is 0 Å². The normalized spacial score (nSPS) is 10.2. The van der Waals surface area contributed by atoms with Crippen LogP contribution in [0.3, 0.4) is 0 Å². The van der Waals surface area contributed by atoms with Crippen molar-refractivity contribution in [3.05, 3.63) is 47.5 Å². The summed E-state index contributed by atoms with van der Waals surface area (Å²) >= 11 is 7.46. The van der Waals surface area contributed by atoms with Crippen LogP contribution >= 0.6 is 23.4 Å². The summed E-state index contributed by atoms with van der Waals surface area (Å²) < 4.78 is 10.4. The van der Waals surface area contributed by atoms with E-state index in [0.29, 0.717) is 34.4 Å². The van der Waals surface area contributed by atoms with Gasteiger partial charge in [0.1, 0.15) is 11.5 Å². The zero-order valence-electron chi connectivity index (χ0n) is 13.0. The molecule has 0 unspecified atom stereocenters. The van der Waals surface area contributed by atoms with E-state index in [2.05, 4.69) is 5.32 Å². The number of hydrogen-bond donors (Lipinski definition) is 1. The predicted octanol–water partition coefficient (Wildman–Crippen LogP) is 4.48. The number of benzene rings is 2. The highest BCUT2D eigenvalue weighted by Gasteiger charge is 2.06. The number of methoxy groups -OCH3 is 2. The van der Waals surface area contributed by atoms with Gasteiger partial charge in [0.2, 0.25) is 5.91 Å². The molecule has 0 aliphatic carbocycles. The van der Waals surface area contributed by atoms with Crippen molar-refractivity contribution < 1.29 is 14.3 Å². The van der Waals surface area contributed by atoms with Crippen molar-refractivity contribution in [3.8, 4) is 11.5 Å². The van der Waals surface area contributed by atoms with Crippen LogP contribution in [0.1, 0.15) is 6.42 Å². The zero-order valence-corrected chi connectivity index (χ0v) is 14.5. The number of anilines is 1. The Bertz CT molecular complexity index is 639. The molecule has 2 aromatic carbocycles. The molecular weight excluding hydrogens is 334 g/mol. The van der Waals surface area contributed by atoms with Gasteiger partial charge in [0.15, 0.2) is 0 Å². The van der Waals surface area contributed by atoms with Gasteiger partial charge in [-0.25, -0.2) is 0 Å². The molecule has 0 aliphatic rings. The first-order chi connectivity index (χ1) is 11.1. The first-order valence-corrected chi connectivity index (χ1v) is 8.38. The minimum Gasteiger partial charge on any atom is -0.497 e. The quantitative estimate of drug-likeness (QED) is 0.747. The second-order valence-electron chi connectivity index (χ2n) is 4.70. The number of amides is 1. The number of thioether (sulfide) groups is 1. The van der Waals surface area contributed by atoms with E-state index in [4.69, 9.17) is 21.1 Å². The average molecular weight is 352 g/mol. The van der Waals surface area contributed by atoms with Crippen molar-refractivity contribution in [1.29, 1.82) is 0 Å². The molecule has 2 rings (SSSR count). The van der Waals surface area contributed by atoms with Gasteiger partial charge in [-0.3, -0.25) is 4.79 Å². The predicted molar refractivity (Wildman–Crippen MR) is 95.0 cm³/mol. The third-order valence-electron chi connectivity index (χ3n) is 3.05. The van der Waals surface area contributed by atoms with Gasteiger partial charge in [-0.1, -0.05) is 11.6 Å². The van der Waals surface area contributed by atoms with E-state index >= 15 is 0 Å². The molecule has 2 aromatic rings. The van der Waals surface area contributed by atoms with Crippen molar-refractivity contribution in [2.75, 3.05) is 25.3 Å². The minimum absolute atomic E-state index is 0.0539. The fraction of sp³-hybridized carbons (Fsp3) is 0.235. The summed E-state index contributed by atoms with van der Waals surface area (Å²) in [6.07, 6.45) is 0.410. The van der Waals surface area contributed by atoms with Gasteiger partial charge in [0.05, 0.1) is 14.2 Å². The minimum atomic E-state index is -0.0539. The van der Waals surface area contributed by atoms with Gasteiger partial charge in [0.25, 0.3) is 0 Å². The molecule has 0 aromatic heterocycles. The monoisotopic (exact) mass is 351 g/mol. The Morgan fingerprint density at radius 3 is 2.26 bits per heavy atom. The van der Waals surface area contributed by atoms with Crippen LogP contribution in [0.25, 0.3) is 0 Å². The molecular formula is C17H18ClNO3S. The molecule has 0 aliphatic heterocycles. The summed E-state index contributed by atoms with van der Waals surface area (Å²) in [6.45, 7) is 0. The lowest BCUT2D eigenvalue weighted by atomic mass is 10.2. The average Bonchev–Trinajstić information content (AvgIpc) is 2.56. The molecule has 6 heteroatoms. The Hall–Kier alpha value is -1.85. The number of carbonyl (C=O) groups excluding carboxylic acids is 1. The van der Waals surface area contributed by atoms with Crippen LogP contribution < -0.4 is 14.8 Å². The molecule has 0 spiro atoms. The molecule has 0 radical (unpaired) electrons. The number of rotatable bonds is 7. The highest BCUT2D eigenvalue weighted by atomic mass is 35.5. The smallest absolute Gasteiger partial charge is 0.225 e. The van der Waals surface area contributed by atoms with Crippen LogP contribution in [0.4, 0.5) is 5.69 Å². The third kappa shape index (κ3) is 5.69. The van der Waals surface area contributed by atoms with Gasteiger partial charge in [-0.05, 0) is 24.3 Å². The summed E-state index contributed by atoms with van der Waals surface area (Å²) in [7, 11) is 3.15. The maximum absolute atomic E-state index is 12.0. The summed E-state index contributed by atoms with van der Waals surface area (Å²) in [5, 5.41) is 3.56. The molecule has 4 nitrogen and oxygen atoms in total. The van der Waals surface area contributed by atoms with Gasteiger partial charge in [-0.2, -0.15) is 0 Å².